The van der Waals surface area contributed by atoms with Crippen molar-refractivity contribution < 1.29 is 4.74 Å². The third-order valence-corrected chi connectivity index (χ3v) is 6.75. The zero-order valence-electron chi connectivity index (χ0n) is 17.3. The van der Waals surface area contributed by atoms with E-state index in [1.807, 2.05) is 31.5 Å². The molecule has 0 aromatic carbocycles. The van der Waals surface area contributed by atoms with Crippen LogP contribution in [0.5, 0.6) is 0 Å². The minimum Gasteiger partial charge on any atom is -0.375 e. The van der Waals surface area contributed by atoms with E-state index in [1.54, 1.807) is 0 Å². The molecule has 2 fully saturated rings. The summed E-state index contributed by atoms with van der Waals surface area (Å²) in [6.45, 7) is 4.32. The van der Waals surface area contributed by atoms with Crippen LogP contribution in [0.1, 0.15) is 67.5 Å². The number of nitrogens with one attached hydrogen (secondary N) is 1. The van der Waals surface area contributed by atoms with Crippen LogP contribution in [0.2, 0.25) is 0 Å². The molecule has 1 N–H and O–H groups in total. The molecule has 4 rings (SSSR count). The average Bonchev–Trinajstić information content (AvgIpc) is 3.20. The van der Waals surface area contributed by atoms with Gasteiger partial charge in [-0.05, 0) is 69.3 Å². The highest BCUT2D eigenvalue weighted by molar-refractivity contribution is 5.35. The second kappa shape index (κ2) is 8.61. The van der Waals surface area contributed by atoms with Crippen molar-refractivity contribution in [1.29, 1.82) is 5.26 Å². The second-order valence-electron chi connectivity index (χ2n) is 8.68. The molecule has 2 aromatic rings. The Bertz CT molecular complexity index is 870. The molecule has 0 unspecified atom stereocenters. The van der Waals surface area contributed by atoms with Gasteiger partial charge in [0, 0.05) is 36.7 Å². The van der Waals surface area contributed by atoms with Crippen LogP contribution in [0.15, 0.2) is 36.7 Å². The molecule has 3 heterocycles. The van der Waals surface area contributed by atoms with Crippen molar-refractivity contribution in [3.8, 4) is 6.07 Å². The minimum atomic E-state index is 0.0539. The van der Waals surface area contributed by atoms with Crippen LogP contribution in [0, 0.1) is 18.3 Å². The SMILES string of the molecule is Cc1ncc(CNCC[C@]2(c3ccccn3)CCOC3(CCCC3)C2)cc1C#N. The van der Waals surface area contributed by atoms with Crippen LogP contribution in [0.4, 0.5) is 0 Å². The molecule has 1 spiro atoms. The summed E-state index contributed by atoms with van der Waals surface area (Å²) >= 11 is 0. The highest BCUT2D eigenvalue weighted by atomic mass is 16.5. The molecule has 0 amide bonds. The summed E-state index contributed by atoms with van der Waals surface area (Å²) in [6, 6.07) is 10.5. The Hall–Kier alpha value is -2.29. The van der Waals surface area contributed by atoms with Gasteiger partial charge in [-0.25, -0.2) is 0 Å². The summed E-state index contributed by atoms with van der Waals surface area (Å²) in [5.74, 6) is 0. The van der Waals surface area contributed by atoms with E-state index in [0.717, 1.165) is 50.2 Å². The molecule has 0 radical (unpaired) electrons. The number of nitriles is 1. The summed E-state index contributed by atoms with van der Waals surface area (Å²) in [6.07, 6.45) is 11.8. The van der Waals surface area contributed by atoms with Crippen molar-refractivity contribution in [2.45, 2.75) is 69.4 Å². The van der Waals surface area contributed by atoms with E-state index < -0.39 is 0 Å². The van der Waals surface area contributed by atoms with E-state index in [2.05, 4.69) is 28.5 Å². The molecule has 152 valence electrons. The van der Waals surface area contributed by atoms with E-state index in [1.165, 1.54) is 31.4 Å². The van der Waals surface area contributed by atoms with Crippen LogP contribution in [0.25, 0.3) is 0 Å². The normalized spacial score (nSPS) is 23.2. The highest BCUT2D eigenvalue weighted by Crippen LogP contribution is 2.49. The van der Waals surface area contributed by atoms with Gasteiger partial charge in [-0.2, -0.15) is 5.26 Å². The first kappa shape index (κ1) is 20.0. The largest absolute Gasteiger partial charge is 0.375 e. The molecule has 5 nitrogen and oxygen atoms in total. The molecule has 1 atom stereocenters. The maximum Gasteiger partial charge on any atom is 0.101 e. The molecule has 1 saturated carbocycles. The van der Waals surface area contributed by atoms with Crippen molar-refractivity contribution in [1.82, 2.24) is 15.3 Å². The number of hydrogen-bond acceptors (Lipinski definition) is 5. The molecule has 2 aliphatic rings. The fourth-order valence-corrected chi connectivity index (χ4v) is 5.14. The zero-order valence-corrected chi connectivity index (χ0v) is 17.3. The fraction of sp³-hybridized carbons (Fsp3) is 0.542. The Morgan fingerprint density at radius 2 is 2.07 bits per heavy atom. The van der Waals surface area contributed by atoms with Crippen LogP contribution >= 0.6 is 0 Å². The van der Waals surface area contributed by atoms with Gasteiger partial charge in [-0.1, -0.05) is 18.9 Å². The van der Waals surface area contributed by atoms with Gasteiger partial charge in [0.05, 0.1) is 16.9 Å². The predicted octanol–water partition coefficient (Wildman–Crippen LogP) is 4.20. The fourth-order valence-electron chi connectivity index (χ4n) is 5.14. The lowest BCUT2D eigenvalue weighted by atomic mass is 9.68. The highest BCUT2D eigenvalue weighted by Gasteiger charge is 2.48. The average molecular weight is 391 g/mol. The molecule has 5 heteroatoms. The lowest BCUT2D eigenvalue weighted by Crippen LogP contribution is -2.47. The van der Waals surface area contributed by atoms with E-state index in [0.29, 0.717) is 5.56 Å². The van der Waals surface area contributed by atoms with Crippen LogP contribution in [0.3, 0.4) is 0 Å². The molecular formula is C24H30N4O. The first-order valence-electron chi connectivity index (χ1n) is 10.8. The lowest BCUT2D eigenvalue weighted by Gasteiger charge is -2.46. The number of aryl methyl sites for hydroxylation is 1. The van der Waals surface area contributed by atoms with Gasteiger partial charge in [0.15, 0.2) is 0 Å². The Labute approximate surface area is 173 Å². The number of ether oxygens (including phenoxy) is 1. The first-order valence-corrected chi connectivity index (χ1v) is 10.8. The van der Waals surface area contributed by atoms with Crippen LogP contribution < -0.4 is 5.32 Å². The third kappa shape index (κ3) is 4.34. The predicted molar refractivity (Wildman–Crippen MR) is 112 cm³/mol. The summed E-state index contributed by atoms with van der Waals surface area (Å²) in [7, 11) is 0. The maximum atomic E-state index is 9.22. The standard InChI is InChI=1S/C24H30N4O/c1-19-21(15-25)14-20(17-28-19)16-26-12-9-23(22-6-2-5-11-27-22)10-13-29-24(18-23)7-3-4-8-24/h2,5-6,11,14,17,26H,3-4,7-10,12-13,16,18H2,1H3/t23-/m0/s1. The molecule has 29 heavy (non-hydrogen) atoms. The summed E-state index contributed by atoms with van der Waals surface area (Å²) < 4.78 is 6.33. The second-order valence-corrected chi connectivity index (χ2v) is 8.68. The first-order chi connectivity index (χ1) is 14.1. The van der Waals surface area contributed by atoms with Gasteiger partial charge in [0.2, 0.25) is 0 Å². The van der Waals surface area contributed by atoms with Gasteiger partial charge in [-0.15, -0.1) is 0 Å². The molecular weight excluding hydrogens is 360 g/mol. The number of pyridine rings is 2. The minimum absolute atomic E-state index is 0.0539. The quantitative estimate of drug-likeness (QED) is 0.749. The van der Waals surface area contributed by atoms with E-state index >= 15 is 0 Å². The van der Waals surface area contributed by atoms with Crippen LogP contribution in [-0.4, -0.2) is 28.7 Å². The Kier molecular flexibility index (Phi) is 5.94. The number of nitrogens with zero attached hydrogens (tertiary/aromatic N) is 3. The molecule has 2 aromatic heterocycles. The number of hydrogen-bond donors (Lipinski definition) is 1. The molecule has 1 aliphatic carbocycles. The van der Waals surface area contributed by atoms with Gasteiger partial charge in [-0.3, -0.25) is 9.97 Å². The molecule has 1 saturated heterocycles. The van der Waals surface area contributed by atoms with Gasteiger partial charge in [0.1, 0.15) is 6.07 Å². The van der Waals surface area contributed by atoms with Gasteiger partial charge in [0.25, 0.3) is 0 Å². The van der Waals surface area contributed by atoms with Gasteiger partial charge < -0.3 is 10.1 Å². The van der Waals surface area contributed by atoms with Crippen molar-refractivity contribution in [2.75, 3.05) is 13.2 Å². The van der Waals surface area contributed by atoms with Crippen LogP contribution in [-0.2, 0) is 16.7 Å². The van der Waals surface area contributed by atoms with E-state index in [4.69, 9.17) is 9.72 Å². The van der Waals surface area contributed by atoms with Crippen molar-refractivity contribution >= 4 is 0 Å². The maximum absolute atomic E-state index is 9.22. The number of aromatic nitrogens is 2. The van der Waals surface area contributed by atoms with Crippen molar-refractivity contribution in [3.63, 3.8) is 0 Å². The Morgan fingerprint density at radius 1 is 1.21 bits per heavy atom. The zero-order chi connectivity index (χ0) is 20.2. The topological polar surface area (TPSA) is 70.8 Å². The molecule has 1 aliphatic heterocycles. The van der Waals surface area contributed by atoms with Crippen molar-refractivity contribution in [2.24, 2.45) is 0 Å². The summed E-state index contributed by atoms with van der Waals surface area (Å²) in [4.78, 5) is 9.11. The third-order valence-electron chi connectivity index (χ3n) is 6.75. The number of rotatable bonds is 6. The van der Waals surface area contributed by atoms with E-state index in [-0.39, 0.29) is 11.0 Å². The Morgan fingerprint density at radius 3 is 2.83 bits per heavy atom. The smallest absolute Gasteiger partial charge is 0.101 e. The summed E-state index contributed by atoms with van der Waals surface area (Å²) in [5, 5.41) is 12.8. The summed E-state index contributed by atoms with van der Waals surface area (Å²) in [5.41, 5.74) is 3.83. The van der Waals surface area contributed by atoms with Crippen molar-refractivity contribution in [3.05, 3.63) is 59.2 Å². The van der Waals surface area contributed by atoms with Gasteiger partial charge >= 0.3 is 0 Å². The monoisotopic (exact) mass is 390 g/mol. The lowest BCUT2D eigenvalue weighted by molar-refractivity contribution is -0.104. The Balaban J connectivity index is 1.45. The molecule has 0 bridgehead atoms. The van der Waals surface area contributed by atoms with E-state index in [9.17, 15) is 5.26 Å².